The number of phenolic OH excluding ortho intramolecular Hbond substituents is 4. The molecular weight excluding hydrogens is 674 g/mol. The molecule has 0 aliphatic rings. The molecule has 0 aliphatic heterocycles. The van der Waals surface area contributed by atoms with Crippen molar-refractivity contribution in [3.8, 4) is 46.0 Å². The average Bonchev–Trinajstić information content (AvgIpc) is 3.14. The maximum Gasteiger partial charge on any atom is 0.246 e. The molecule has 0 radical (unpaired) electrons. The van der Waals surface area contributed by atoms with Crippen molar-refractivity contribution in [2.75, 3.05) is 54.6 Å². The first-order valence-electron chi connectivity index (χ1n) is 16.3. The molecule has 6 N–H and O–H groups in total. The first kappa shape index (κ1) is 40.1. The van der Waals surface area contributed by atoms with Crippen LogP contribution in [0.5, 0.6) is 46.0 Å². The number of unbranched alkanes of at least 4 members (excludes halogenated alkanes) is 1. The Morgan fingerprint density at radius 2 is 1.06 bits per heavy atom. The number of ether oxygens (including phenoxy) is 4. The van der Waals surface area contributed by atoms with Crippen molar-refractivity contribution in [3.05, 3.63) is 77.4 Å². The molecule has 0 saturated heterocycles. The molecule has 0 saturated carbocycles. The minimum Gasteiger partial charge on any atom is -0.504 e. The third-order valence-electron chi connectivity index (χ3n) is 7.65. The van der Waals surface area contributed by atoms with Crippen molar-refractivity contribution in [2.24, 2.45) is 0 Å². The van der Waals surface area contributed by atoms with E-state index in [2.05, 4.69) is 10.6 Å². The third-order valence-corrected chi connectivity index (χ3v) is 7.65. The van der Waals surface area contributed by atoms with Gasteiger partial charge in [0.05, 0.1) is 28.4 Å². The third kappa shape index (κ3) is 12.2. The average molecular weight is 720 g/mol. The van der Waals surface area contributed by atoms with Crippen molar-refractivity contribution in [3.63, 3.8) is 0 Å². The number of aromatic hydroxyl groups is 4. The second-order valence-corrected chi connectivity index (χ2v) is 11.3. The monoisotopic (exact) mass is 719 g/mol. The summed E-state index contributed by atoms with van der Waals surface area (Å²) in [5.41, 5.74) is 1.69. The highest BCUT2D eigenvalue weighted by Gasteiger charge is 2.13. The Kier molecular flexibility index (Phi) is 15.7. The quantitative estimate of drug-likeness (QED) is 0.0590. The van der Waals surface area contributed by atoms with Crippen LogP contribution in [0.25, 0.3) is 18.2 Å². The molecule has 0 heterocycles. The number of carbonyl (C=O) groups is 3. The highest BCUT2D eigenvalue weighted by atomic mass is 16.5. The van der Waals surface area contributed by atoms with E-state index in [4.69, 9.17) is 18.9 Å². The fourth-order valence-electron chi connectivity index (χ4n) is 4.86. The van der Waals surface area contributed by atoms with E-state index < -0.39 is 11.5 Å². The van der Waals surface area contributed by atoms with E-state index in [1.165, 1.54) is 70.9 Å². The Morgan fingerprint density at radius 1 is 0.577 bits per heavy atom. The lowest BCUT2D eigenvalue weighted by Crippen LogP contribution is -2.34. The summed E-state index contributed by atoms with van der Waals surface area (Å²) < 4.78 is 20.4. The number of nitrogens with one attached hydrogen (secondary N) is 2. The molecule has 0 unspecified atom stereocenters. The molecule has 0 fully saturated rings. The molecule has 0 spiro atoms. The lowest BCUT2D eigenvalue weighted by atomic mass is 10.1. The second kappa shape index (κ2) is 20.4. The van der Waals surface area contributed by atoms with Crippen LogP contribution in [0.1, 0.15) is 36.0 Å². The Morgan fingerprint density at radius 3 is 1.65 bits per heavy atom. The molecule has 3 aromatic rings. The van der Waals surface area contributed by atoms with Gasteiger partial charge in [-0.1, -0.05) is 6.07 Å². The Bertz CT molecular complexity index is 1760. The molecule has 0 bridgehead atoms. The number of methoxy groups -OCH3 is 4. The van der Waals surface area contributed by atoms with Gasteiger partial charge in [0, 0.05) is 44.4 Å². The number of rotatable bonds is 19. The van der Waals surface area contributed by atoms with E-state index in [-0.39, 0.29) is 53.0 Å². The van der Waals surface area contributed by atoms with Crippen LogP contribution in [-0.4, -0.2) is 97.7 Å². The summed E-state index contributed by atoms with van der Waals surface area (Å²) in [7, 11) is 5.60. The molecule has 3 rings (SSSR count). The summed E-state index contributed by atoms with van der Waals surface area (Å²) in [5, 5.41) is 45.3. The first-order valence-corrected chi connectivity index (χ1v) is 16.3. The van der Waals surface area contributed by atoms with E-state index in [1.807, 2.05) is 0 Å². The Hall–Kier alpha value is -6.31. The van der Waals surface area contributed by atoms with E-state index in [9.17, 15) is 34.8 Å². The fourth-order valence-corrected chi connectivity index (χ4v) is 4.86. The van der Waals surface area contributed by atoms with Gasteiger partial charge in [-0.05, 0) is 90.6 Å². The molecule has 52 heavy (non-hydrogen) atoms. The summed E-state index contributed by atoms with van der Waals surface area (Å²) in [6, 6.07) is 10.6. The van der Waals surface area contributed by atoms with Gasteiger partial charge in [-0.2, -0.15) is 0 Å². The van der Waals surface area contributed by atoms with Crippen LogP contribution in [0.4, 0.5) is 0 Å². The fraction of sp³-hybridized carbons (Fsp3) is 0.289. The lowest BCUT2D eigenvalue weighted by Gasteiger charge is -2.21. The van der Waals surface area contributed by atoms with Gasteiger partial charge in [-0.15, -0.1) is 0 Å². The van der Waals surface area contributed by atoms with Crippen LogP contribution in [0.15, 0.2) is 60.7 Å². The highest BCUT2D eigenvalue weighted by Crippen LogP contribution is 2.38. The zero-order valence-electron chi connectivity index (χ0n) is 29.5. The van der Waals surface area contributed by atoms with Crippen LogP contribution >= 0.6 is 0 Å². The second-order valence-electron chi connectivity index (χ2n) is 11.3. The SMILES string of the molecule is COc1cc(/C=C/C(=O)NCCCCN(CCCNC(=O)/C=C/c2cc(OC)c(O)c(OC)c2)C(=O)/C=C/c2cc(O)c(O)c(OC)c2)ccc1O. The van der Waals surface area contributed by atoms with Gasteiger partial charge in [0.15, 0.2) is 34.5 Å². The maximum absolute atomic E-state index is 13.3. The van der Waals surface area contributed by atoms with Gasteiger partial charge < -0.3 is 54.9 Å². The van der Waals surface area contributed by atoms with Gasteiger partial charge >= 0.3 is 0 Å². The lowest BCUT2D eigenvalue weighted by molar-refractivity contribution is -0.126. The summed E-state index contributed by atoms with van der Waals surface area (Å²) in [6.07, 6.45) is 10.3. The zero-order chi connectivity index (χ0) is 38.0. The Balaban J connectivity index is 1.56. The van der Waals surface area contributed by atoms with E-state index in [1.54, 1.807) is 41.3 Å². The van der Waals surface area contributed by atoms with Crippen molar-refractivity contribution >= 4 is 35.9 Å². The number of hydrogen-bond acceptors (Lipinski definition) is 11. The van der Waals surface area contributed by atoms with Gasteiger partial charge in [-0.3, -0.25) is 14.4 Å². The zero-order valence-corrected chi connectivity index (χ0v) is 29.5. The van der Waals surface area contributed by atoms with Crippen molar-refractivity contribution < 1.29 is 53.8 Å². The largest absolute Gasteiger partial charge is 0.504 e. The predicted octanol–water partition coefficient (Wildman–Crippen LogP) is 4.21. The maximum atomic E-state index is 13.3. The predicted molar refractivity (Wildman–Crippen MR) is 196 cm³/mol. The van der Waals surface area contributed by atoms with Gasteiger partial charge in [0.2, 0.25) is 29.2 Å². The molecular formula is C38H45N3O11. The standard InChI is InChI=1S/C38H45N3O11/c1-49-30-21-25(8-12-28(30)42)9-13-34(44)39-16-5-6-18-41(36(46)15-11-26-20-29(43)37(47)31(22-26)50-2)19-7-17-40-35(45)14-10-27-23-32(51-3)38(48)33(24-27)52-4/h8-15,20-24,42-43,47-48H,5-7,16-19H2,1-4H3,(H,39,44)(H,40,45)/b13-9+,14-10+,15-11+. The Labute approximate surface area is 302 Å². The van der Waals surface area contributed by atoms with E-state index >= 15 is 0 Å². The van der Waals surface area contributed by atoms with Crippen LogP contribution in [0.3, 0.4) is 0 Å². The molecule has 0 atom stereocenters. The number of phenols is 4. The summed E-state index contributed by atoms with van der Waals surface area (Å²) in [6.45, 7) is 1.32. The minimum atomic E-state index is -0.407. The molecule has 3 aromatic carbocycles. The normalized spacial score (nSPS) is 11.2. The molecule has 0 aromatic heterocycles. The number of nitrogens with zero attached hydrogens (tertiary/aromatic N) is 1. The summed E-state index contributed by atoms with van der Waals surface area (Å²) in [4.78, 5) is 39.7. The molecule has 3 amide bonds. The summed E-state index contributed by atoms with van der Waals surface area (Å²) >= 11 is 0. The summed E-state index contributed by atoms with van der Waals surface area (Å²) in [5.74, 6) is -1.18. The van der Waals surface area contributed by atoms with Crippen molar-refractivity contribution in [1.29, 1.82) is 0 Å². The first-order chi connectivity index (χ1) is 25.0. The van der Waals surface area contributed by atoms with E-state index in [0.29, 0.717) is 61.3 Å². The number of carbonyl (C=O) groups excluding carboxylic acids is 3. The van der Waals surface area contributed by atoms with Crippen LogP contribution in [0.2, 0.25) is 0 Å². The van der Waals surface area contributed by atoms with Crippen LogP contribution in [0, 0.1) is 0 Å². The van der Waals surface area contributed by atoms with E-state index in [0.717, 1.165) is 0 Å². The number of hydrogen-bond donors (Lipinski definition) is 6. The molecule has 14 nitrogen and oxygen atoms in total. The highest BCUT2D eigenvalue weighted by molar-refractivity contribution is 5.93. The van der Waals surface area contributed by atoms with Crippen LogP contribution in [-0.2, 0) is 14.4 Å². The number of benzene rings is 3. The van der Waals surface area contributed by atoms with Crippen LogP contribution < -0.4 is 29.6 Å². The van der Waals surface area contributed by atoms with Gasteiger partial charge in [0.1, 0.15) is 0 Å². The van der Waals surface area contributed by atoms with Gasteiger partial charge in [-0.25, -0.2) is 0 Å². The van der Waals surface area contributed by atoms with Gasteiger partial charge in [0.25, 0.3) is 0 Å². The topological polar surface area (TPSA) is 196 Å². The smallest absolute Gasteiger partial charge is 0.246 e. The molecule has 278 valence electrons. The van der Waals surface area contributed by atoms with Crippen molar-refractivity contribution in [2.45, 2.75) is 19.3 Å². The van der Waals surface area contributed by atoms with Crippen molar-refractivity contribution in [1.82, 2.24) is 15.5 Å². The molecule has 0 aliphatic carbocycles. The number of amides is 3. The minimum absolute atomic E-state index is 0.000730. The molecule has 14 heteroatoms.